The van der Waals surface area contributed by atoms with Crippen LogP contribution < -0.4 is 0 Å². The highest BCUT2D eigenvalue weighted by Crippen LogP contribution is 2.22. The van der Waals surface area contributed by atoms with Crippen molar-refractivity contribution in [3.05, 3.63) is 35.4 Å². The van der Waals surface area contributed by atoms with Gasteiger partial charge in [-0.2, -0.15) is 0 Å². The minimum atomic E-state index is -0.779. The van der Waals surface area contributed by atoms with Gasteiger partial charge in [-0.1, -0.05) is 24.3 Å². The monoisotopic (exact) mass is 264 g/mol. The van der Waals surface area contributed by atoms with Gasteiger partial charge in [-0.25, -0.2) is 0 Å². The molecule has 0 heterocycles. The van der Waals surface area contributed by atoms with Gasteiger partial charge in [-0.05, 0) is 39.1 Å². The number of hydrogen-bond donors (Lipinski definition) is 1. The van der Waals surface area contributed by atoms with Crippen molar-refractivity contribution in [1.82, 2.24) is 9.80 Å². The molecule has 0 aliphatic rings. The summed E-state index contributed by atoms with van der Waals surface area (Å²) in [5.74, 6) is -0.779. The molecular weight excluding hydrogens is 240 g/mol. The van der Waals surface area contributed by atoms with Crippen molar-refractivity contribution in [2.75, 3.05) is 33.7 Å². The van der Waals surface area contributed by atoms with Crippen LogP contribution >= 0.6 is 0 Å². The van der Waals surface area contributed by atoms with Gasteiger partial charge in [0, 0.05) is 19.1 Å². The Hall–Kier alpha value is -1.39. The molecule has 0 aliphatic heterocycles. The predicted molar refractivity (Wildman–Crippen MR) is 77.4 cm³/mol. The van der Waals surface area contributed by atoms with Crippen LogP contribution in [0, 0.1) is 6.92 Å². The minimum Gasteiger partial charge on any atom is -0.480 e. The standard InChI is InChI=1S/C15H24N2O2/c1-12-7-5-6-8-14(12)13(2)17(11-15(18)19)10-9-16(3)4/h5-8,13H,9-11H2,1-4H3,(H,18,19). The van der Waals surface area contributed by atoms with Gasteiger partial charge in [0.2, 0.25) is 0 Å². The molecule has 0 radical (unpaired) electrons. The van der Waals surface area contributed by atoms with E-state index in [2.05, 4.69) is 30.9 Å². The summed E-state index contributed by atoms with van der Waals surface area (Å²) in [5, 5.41) is 9.06. The number of hydrogen-bond acceptors (Lipinski definition) is 3. The summed E-state index contributed by atoms with van der Waals surface area (Å²) in [4.78, 5) is 15.1. The smallest absolute Gasteiger partial charge is 0.317 e. The molecule has 1 unspecified atom stereocenters. The zero-order valence-corrected chi connectivity index (χ0v) is 12.3. The summed E-state index contributed by atoms with van der Waals surface area (Å²) in [6.07, 6.45) is 0. The van der Waals surface area contributed by atoms with Crippen LogP contribution in [0.2, 0.25) is 0 Å². The van der Waals surface area contributed by atoms with Crippen molar-refractivity contribution in [2.24, 2.45) is 0 Å². The normalized spacial score (nSPS) is 12.9. The molecule has 0 aliphatic carbocycles. The van der Waals surface area contributed by atoms with E-state index >= 15 is 0 Å². The molecule has 106 valence electrons. The molecule has 0 saturated carbocycles. The molecule has 0 amide bonds. The lowest BCUT2D eigenvalue weighted by molar-refractivity contribution is -0.138. The van der Waals surface area contributed by atoms with Crippen molar-refractivity contribution in [3.63, 3.8) is 0 Å². The number of nitrogens with zero attached hydrogens (tertiary/aromatic N) is 2. The molecular formula is C15H24N2O2. The van der Waals surface area contributed by atoms with Crippen molar-refractivity contribution >= 4 is 5.97 Å². The lowest BCUT2D eigenvalue weighted by atomic mass is 10.0. The van der Waals surface area contributed by atoms with E-state index in [-0.39, 0.29) is 12.6 Å². The van der Waals surface area contributed by atoms with E-state index in [1.165, 1.54) is 11.1 Å². The quantitative estimate of drug-likeness (QED) is 0.818. The van der Waals surface area contributed by atoms with Crippen molar-refractivity contribution in [3.8, 4) is 0 Å². The van der Waals surface area contributed by atoms with Gasteiger partial charge in [0.25, 0.3) is 0 Å². The van der Waals surface area contributed by atoms with Gasteiger partial charge in [0.1, 0.15) is 0 Å². The maximum Gasteiger partial charge on any atom is 0.317 e. The Balaban J connectivity index is 2.84. The molecule has 1 atom stereocenters. The second kappa shape index (κ2) is 7.26. The van der Waals surface area contributed by atoms with E-state index in [4.69, 9.17) is 5.11 Å². The van der Waals surface area contributed by atoms with Crippen LogP contribution in [0.25, 0.3) is 0 Å². The molecule has 1 aromatic carbocycles. The van der Waals surface area contributed by atoms with Crippen LogP contribution in [-0.4, -0.2) is 54.6 Å². The van der Waals surface area contributed by atoms with Gasteiger partial charge in [-0.3, -0.25) is 9.69 Å². The number of likely N-dealkylation sites (N-methyl/N-ethyl adjacent to an activating group) is 1. The van der Waals surface area contributed by atoms with Crippen molar-refractivity contribution in [2.45, 2.75) is 19.9 Å². The lowest BCUT2D eigenvalue weighted by Gasteiger charge is -2.30. The van der Waals surface area contributed by atoms with Gasteiger partial charge in [0.05, 0.1) is 6.54 Å². The van der Waals surface area contributed by atoms with E-state index < -0.39 is 5.97 Å². The topological polar surface area (TPSA) is 43.8 Å². The third-order valence-electron chi connectivity index (χ3n) is 3.36. The summed E-state index contributed by atoms with van der Waals surface area (Å²) in [6.45, 7) is 5.80. The third kappa shape index (κ3) is 5.01. The third-order valence-corrected chi connectivity index (χ3v) is 3.36. The number of benzene rings is 1. The second-order valence-electron chi connectivity index (χ2n) is 5.20. The zero-order chi connectivity index (χ0) is 14.4. The first-order valence-electron chi connectivity index (χ1n) is 6.58. The van der Waals surface area contributed by atoms with Gasteiger partial charge >= 0.3 is 5.97 Å². The molecule has 0 bridgehead atoms. The summed E-state index contributed by atoms with van der Waals surface area (Å²) in [5.41, 5.74) is 2.40. The van der Waals surface area contributed by atoms with Crippen LogP contribution in [0.4, 0.5) is 0 Å². The van der Waals surface area contributed by atoms with Crippen LogP contribution in [0.3, 0.4) is 0 Å². The summed E-state index contributed by atoms with van der Waals surface area (Å²) >= 11 is 0. The molecule has 4 heteroatoms. The fourth-order valence-corrected chi connectivity index (χ4v) is 2.16. The number of rotatable bonds is 7. The SMILES string of the molecule is Cc1ccccc1C(C)N(CCN(C)C)CC(=O)O. The average Bonchev–Trinajstić information content (AvgIpc) is 2.33. The average molecular weight is 264 g/mol. The molecule has 0 saturated heterocycles. The number of carboxylic acids is 1. The second-order valence-corrected chi connectivity index (χ2v) is 5.20. The molecule has 0 aromatic heterocycles. The summed E-state index contributed by atoms with van der Waals surface area (Å²) in [7, 11) is 3.99. The molecule has 4 nitrogen and oxygen atoms in total. The Kier molecular flexibility index (Phi) is 5.99. The molecule has 0 fully saturated rings. The number of aryl methyl sites for hydroxylation is 1. The highest BCUT2D eigenvalue weighted by molar-refractivity contribution is 5.69. The molecule has 1 aromatic rings. The first-order valence-corrected chi connectivity index (χ1v) is 6.58. The van der Waals surface area contributed by atoms with Crippen molar-refractivity contribution < 1.29 is 9.90 Å². The zero-order valence-electron chi connectivity index (χ0n) is 12.3. The summed E-state index contributed by atoms with van der Waals surface area (Å²) < 4.78 is 0. The van der Waals surface area contributed by atoms with Crippen LogP contribution in [0.15, 0.2) is 24.3 Å². The number of carbonyl (C=O) groups is 1. The van der Waals surface area contributed by atoms with Crippen LogP contribution in [0.1, 0.15) is 24.1 Å². The fraction of sp³-hybridized carbons (Fsp3) is 0.533. The van der Waals surface area contributed by atoms with E-state index in [1.54, 1.807) is 0 Å². The Morgan fingerprint density at radius 3 is 2.42 bits per heavy atom. The number of aliphatic carboxylic acids is 1. The predicted octanol–water partition coefficient (Wildman–Crippen LogP) is 2.00. The van der Waals surface area contributed by atoms with Gasteiger partial charge in [0.15, 0.2) is 0 Å². The highest BCUT2D eigenvalue weighted by Gasteiger charge is 2.19. The van der Waals surface area contributed by atoms with E-state index in [0.717, 1.165) is 13.1 Å². The highest BCUT2D eigenvalue weighted by atomic mass is 16.4. The van der Waals surface area contributed by atoms with E-state index in [9.17, 15) is 4.79 Å². The Labute approximate surface area is 115 Å². The number of carboxylic acid groups (broad SMARTS) is 1. The summed E-state index contributed by atoms with van der Waals surface area (Å²) in [6, 6.07) is 8.26. The first-order chi connectivity index (χ1) is 8.91. The Morgan fingerprint density at radius 1 is 1.26 bits per heavy atom. The Bertz CT molecular complexity index is 418. The first kappa shape index (κ1) is 15.7. The van der Waals surface area contributed by atoms with Crippen molar-refractivity contribution in [1.29, 1.82) is 0 Å². The fourth-order valence-electron chi connectivity index (χ4n) is 2.16. The molecule has 19 heavy (non-hydrogen) atoms. The van der Waals surface area contributed by atoms with Gasteiger partial charge in [-0.15, -0.1) is 0 Å². The maximum atomic E-state index is 11.0. The van der Waals surface area contributed by atoms with Gasteiger partial charge < -0.3 is 10.0 Å². The molecule has 1 N–H and O–H groups in total. The minimum absolute atomic E-state index is 0.0728. The molecule has 1 rings (SSSR count). The van der Waals surface area contributed by atoms with Crippen LogP contribution in [0.5, 0.6) is 0 Å². The maximum absolute atomic E-state index is 11.0. The molecule has 0 spiro atoms. The lowest BCUT2D eigenvalue weighted by Crippen LogP contribution is -2.37. The van der Waals surface area contributed by atoms with Crippen LogP contribution in [-0.2, 0) is 4.79 Å². The Morgan fingerprint density at radius 2 is 1.89 bits per heavy atom. The largest absolute Gasteiger partial charge is 0.480 e. The van der Waals surface area contributed by atoms with E-state index in [1.807, 2.05) is 31.1 Å². The van der Waals surface area contributed by atoms with E-state index in [0.29, 0.717) is 0 Å².